The molecule has 1 saturated carbocycles. The van der Waals surface area contributed by atoms with Crippen LogP contribution in [0.25, 0.3) is 0 Å². The molecule has 1 aromatic rings. The molecule has 1 aliphatic heterocycles. The van der Waals surface area contributed by atoms with Gasteiger partial charge in [-0.3, -0.25) is 4.79 Å². The Bertz CT molecular complexity index is 508. The van der Waals surface area contributed by atoms with Crippen LogP contribution >= 0.6 is 15.9 Å². The highest BCUT2D eigenvalue weighted by atomic mass is 79.9. The summed E-state index contributed by atoms with van der Waals surface area (Å²) in [4.78, 5) is 11.0. The van der Waals surface area contributed by atoms with Crippen LogP contribution in [-0.2, 0) is 10.2 Å². The first-order valence-electron chi connectivity index (χ1n) is 5.93. The molecule has 96 valence electrons. The zero-order valence-corrected chi connectivity index (χ0v) is 11.3. The third-order valence-corrected chi connectivity index (χ3v) is 4.35. The number of benzene rings is 1. The summed E-state index contributed by atoms with van der Waals surface area (Å²) in [5, 5.41) is 9.01. The number of hydrogen-bond acceptors (Lipinski definition) is 3. The highest BCUT2D eigenvalue weighted by Gasteiger charge is 2.47. The first-order valence-corrected chi connectivity index (χ1v) is 6.72. The van der Waals surface area contributed by atoms with Crippen LogP contribution in [0.1, 0.15) is 24.8 Å². The van der Waals surface area contributed by atoms with Gasteiger partial charge < -0.3 is 14.6 Å². The van der Waals surface area contributed by atoms with E-state index in [1.807, 2.05) is 12.1 Å². The van der Waals surface area contributed by atoms with E-state index in [1.54, 1.807) is 0 Å². The second-order valence-electron chi connectivity index (χ2n) is 4.80. The summed E-state index contributed by atoms with van der Waals surface area (Å²) in [6.45, 7) is 1.08. The normalized spacial score (nSPS) is 19.4. The minimum absolute atomic E-state index is 0.172. The number of ether oxygens (including phenoxy) is 2. The van der Waals surface area contributed by atoms with Gasteiger partial charge >= 0.3 is 5.97 Å². The van der Waals surface area contributed by atoms with Crippen molar-refractivity contribution in [1.29, 1.82) is 0 Å². The Morgan fingerprint density at radius 2 is 2.06 bits per heavy atom. The lowest BCUT2D eigenvalue weighted by Gasteiger charge is -2.23. The highest BCUT2D eigenvalue weighted by molar-refractivity contribution is 9.10. The molecule has 1 aromatic carbocycles. The molecule has 0 aromatic heterocycles. The molecular weight excluding hydrogens is 300 g/mol. The molecule has 0 spiro atoms. The standard InChI is InChI=1S/C13H13BrO4/c14-11-8(13(3-4-13)7-10(15)16)1-2-9-12(11)18-6-5-17-9/h1-2H,3-7H2,(H,15,16). The summed E-state index contributed by atoms with van der Waals surface area (Å²) in [5.41, 5.74) is 0.801. The van der Waals surface area contributed by atoms with E-state index in [-0.39, 0.29) is 11.8 Å². The van der Waals surface area contributed by atoms with Gasteiger partial charge in [-0.15, -0.1) is 0 Å². The Kier molecular flexibility index (Phi) is 2.73. The zero-order valence-electron chi connectivity index (χ0n) is 9.74. The van der Waals surface area contributed by atoms with Crippen molar-refractivity contribution in [3.63, 3.8) is 0 Å². The number of carboxylic acids is 1. The molecular formula is C13H13BrO4. The van der Waals surface area contributed by atoms with Crippen LogP contribution in [-0.4, -0.2) is 24.3 Å². The topological polar surface area (TPSA) is 55.8 Å². The van der Waals surface area contributed by atoms with E-state index in [2.05, 4.69) is 15.9 Å². The predicted molar refractivity (Wildman–Crippen MR) is 68.3 cm³/mol. The highest BCUT2D eigenvalue weighted by Crippen LogP contribution is 2.56. The zero-order chi connectivity index (χ0) is 12.8. The van der Waals surface area contributed by atoms with E-state index >= 15 is 0 Å². The third-order valence-electron chi connectivity index (χ3n) is 3.56. The Balaban J connectivity index is 2.01. The van der Waals surface area contributed by atoms with Crippen molar-refractivity contribution in [3.05, 3.63) is 22.2 Å². The van der Waals surface area contributed by atoms with E-state index < -0.39 is 5.97 Å². The van der Waals surface area contributed by atoms with Crippen molar-refractivity contribution < 1.29 is 19.4 Å². The fourth-order valence-corrected chi connectivity index (χ4v) is 3.34. The van der Waals surface area contributed by atoms with Crippen LogP contribution in [0.4, 0.5) is 0 Å². The number of carbonyl (C=O) groups is 1. The average Bonchev–Trinajstić information content (AvgIpc) is 3.09. The van der Waals surface area contributed by atoms with Crippen LogP contribution in [0.3, 0.4) is 0 Å². The summed E-state index contributed by atoms with van der Waals surface area (Å²) in [5.74, 6) is 0.674. The summed E-state index contributed by atoms with van der Waals surface area (Å²) in [6.07, 6.45) is 2.00. The first-order chi connectivity index (χ1) is 8.62. The maximum Gasteiger partial charge on any atom is 0.304 e. The molecule has 0 atom stereocenters. The molecule has 1 heterocycles. The van der Waals surface area contributed by atoms with Gasteiger partial charge in [-0.1, -0.05) is 6.07 Å². The van der Waals surface area contributed by atoms with Crippen molar-refractivity contribution >= 4 is 21.9 Å². The molecule has 0 saturated heterocycles. The molecule has 0 bridgehead atoms. The molecule has 18 heavy (non-hydrogen) atoms. The number of hydrogen-bond donors (Lipinski definition) is 1. The van der Waals surface area contributed by atoms with Gasteiger partial charge in [0.25, 0.3) is 0 Å². The third kappa shape index (κ3) is 1.86. The molecule has 3 rings (SSSR count). The van der Waals surface area contributed by atoms with Crippen molar-refractivity contribution in [1.82, 2.24) is 0 Å². The van der Waals surface area contributed by atoms with Gasteiger partial charge in [0.1, 0.15) is 13.2 Å². The van der Waals surface area contributed by atoms with Crippen LogP contribution in [0.2, 0.25) is 0 Å². The Hall–Kier alpha value is -1.23. The number of aliphatic carboxylic acids is 1. The second-order valence-corrected chi connectivity index (χ2v) is 5.60. The van der Waals surface area contributed by atoms with E-state index in [0.717, 1.165) is 28.6 Å². The van der Waals surface area contributed by atoms with Crippen LogP contribution < -0.4 is 9.47 Å². The quantitative estimate of drug-likeness (QED) is 0.932. The lowest BCUT2D eigenvalue weighted by molar-refractivity contribution is -0.137. The van der Waals surface area contributed by atoms with Gasteiger partial charge in [0.15, 0.2) is 11.5 Å². The minimum Gasteiger partial charge on any atom is -0.486 e. The summed E-state index contributed by atoms with van der Waals surface area (Å²) >= 11 is 3.53. The van der Waals surface area contributed by atoms with E-state index in [1.165, 1.54) is 0 Å². The molecule has 1 N–H and O–H groups in total. The molecule has 0 radical (unpaired) electrons. The smallest absolute Gasteiger partial charge is 0.304 e. The van der Waals surface area contributed by atoms with E-state index in [4.69, 9.17) is 14.6 Å². The molecule has 4 nitrogen and oxygen atoms in total. The fourth-order valence-electron chi connectivity index (χ4n) is 2.47. The van der Waals surface area contributed by atoms with Gasteiger partial charge in [-0.25, -0.2) is 0 Å². The predicted octanol–water partition coefficient (Wildman–Crippen LogP) is 2.73. The number of fused-ring (bicyclic) bond motifs is 1. The lowest BCUT2D eigenvalue weighted by Crippen LogP contribution is -2.18. The molecule has 2 aliphatic rings. The fraction of sp³-hybridized carbons (Fsp3) is 0.462. The van der Waals surface area contributed by atoms with Crippen LogP contribution in [0, 0.1) is 0 Å². The molecule has 0 unspecified atom stereocenters. The first kappa shape index (κ1) is 11.8. The van der Waals surface area contributed by atoms with Gasteiger partial charge in [0.05, 0.1) is 10.9 Å². The SMILES string of the molecule is O=C(O)CC1(c2ccc3c(c2Br)OCCO3)CC1. The van der Waals surface area contributed by atoms with Gasteiger partial charge in [-0.05, 0) is 40.4 Å². The minimum atomic E-state index is -0.755. The Morgan fingerprint density at radius 1 is 1.33 bits per heavy atom. The molecule has 1 fully saturated rings. The number of halogens is 1. The van der Waals surface area contributed by atoms with Crippen molar-refractivity contribution in [2.75, 3.05) is 13.2 Å². The Labute approximate surface area is 113 Å². The van der Waals surface area contributed by atoms with Gasteiger partial charge in [0, 0.05) is 5.41 Å². The summed E-state index contributed by atoms with van der Waals surface area (Å²) < 4.78 is 12.0. The second kappa shape index (κ2) is 4.16. The molecule has 1 aliphatic carbocycles. The lowest BCUT2D eigenvalue weighted by atomic mass is 9.92. The monoisotopic (exact) mass is 312 g/mol. The molecule has 0 amide bonds. The van der Waals surface area contributed by atoms with Gasteiger partial charge in [-0.2, -0.15) is 0 Å². The molecule has 5 heteroatoms. The van der Waals surface area contributed by atoms with E-state index in [9.17, 15) is 4.79 Å². The van der Waals surface area contributed by atoms with Gasteiger partial charge in [0.2, 0.25) is 0 Å². The maximum atomic E-state index is 11.0. The number of carboxylic acid groups (broad SMARTS) is 1. The van der Waals surface area contributed by atoms with Crippen LogP contribution in [0.15, 0.2) is 16.6 Å². The van der Waals surface area contributed by atoms with Crippen LogP contribution in [0.5, 0.6) is 11.5 Å². The maximum absolute atomic E-state index is 11.0. The van der Waals surface area contributed by atoms with Crippen molar-refractivity contribution in [3.8, 4) is 11.5 Å². The summed E-state index contributed by atoms with van der Waals surface area (Å²) in [7, 11) is 0. The average molecular weight is 313 g/mol. The Morgan fingerprint density at radius 3 is 2.72 bits per heavy atom. The van der Waals surface area contributed by atoms with Crippen molar-refractivity contribution in [2.24, 2.45) is 0 Å². The number of rotatable bonds is 3. The largest absolute Gasteiger partial charge is 0.486 e. The van der Waals surface area contributed by atoms with Crippen molar-refractivity contribution in [2.45, 2.75) is 24.7 Å². The van der Waals surface area contributed by atoms with E-state index in [0.29, 0.717) is 19.0 Å². The summed E-state index contributed by atoms with van der Waals surface area (Å²) in [6, 6.07) is 3.82.